The fourth-order valence-corrected chi connectivity index (χ4v) is 1.58. The van der Waals surface area contributed by atoms with Crippen LogP contribution < -0.4 is 0 Å². The molecule has 3 heteroatoms. The molecule has 0 aromatic heterocycles. The summed E-state index contributed by atoms with van der Waals surface area (Å²) in [6.45, 7) is 6.92. The monoisotopic (exact) mass is 189 g/mol. The van der Waals surface area contributed by atoms with Gasteiger partial charge in [0.2, 0.25) is 0 Å². The summed E-state index contributed by atoms with van der Waals surface area (Å²) in [6, 6.07) is 0. The summed E-state index contributed by atoms with van der Waals surface area (Å²) in [7, 11) is 1.77. The minimum absolute atomic E-state index is 0.410. The molecule has 0 N–H and O–H groups in total. The quantitative estimate of drug-likeness (QED) is 0.491. The lowest BCUT2D eigenvalue weighted by Crippen LogP contribution is -2.25. The lowest BCUT2D eigenvalue weighted by molar-refractivity contribution is 0.109. The maximum absolute atomic E-state index is 5.64. The highest BCUT2D eigenvalue weighted by atomic mass is 35.5. The number of halogens is 1. The van der Waals surface area contributed by atoms with Gasteiger partial charge in [-0.3, -0.25) is 4.90 Å². The third kappa shape index (κ3) is 2.77. The van der Waals surface area contributed by atoms with Gasteiger partial charge in [0.05, 0.1) is 6.10 Å². The Balaban J connectivity index is 2.23. The molecule has 1 saturated heterocycles. The Morgan fingerprint density at radius 2 is 2.50 bits per heavy atom. The fourth-order valence-electron chi connectivity index (χ4n) is 1.49. The van der Waals surface area contributed by atoms with E-state index in [4.69, 9.17) is 16.3 Å². The normalized spacial score (nSPS) is 24.7. The summed E-state index contributed by atoms with van der Waals surface area (Å²) in [5.41, 5.74) is 1.09. The molecule has 1 unspecified atom stereocenters. The average Bonchev–Trinajstić information content (AvgIpc) is 2.52. The Bertz CT molecular complexity index is 161. The molecule has 70 valence electrons. The van der Waals surface area contributed by atoms with Crippen molar-refractivity contribution in [2.24, 2.45) is 0 Å². The largest absolute Gasteiger partial charge is 0.380 e. The molecule has 12 heavy (non-hydrogen) atoms. The van der Waals surface area contributed by atoms with Crippen LogP contribution in [0.25, 0.3) is 0 Å². The van der Waals surface area contributed by atoms with E-state index in [-0.39, 0.29) is 0 Å². The van der Waals surface area contributed by atoms with Crippen molar-refractivity contribution in [2.75, 3.05) is 32.6 Å². The van der Waals surface area contributed by atoms with Gasteiger partial charge in [-0.1, -0.05) is 6.58 Å². The predicted octanol–water partition coefficient (Wildman–Crippen LogP) is 1.50. The maximum Gasteiger partial charge on any atom is 0.0710 e. The molecule has 0 aromatic rings. The molecule has 0 spiro atoms. The molecule has 0 amide bonds. The van der Waals surface area contributed by atoms with Gasteiger partial charge in [-0.15, -0.1) is 11.6 Å². The second-order valence-corrected chi connectivity index (χ2v) is 3.53. The van der Waals surface area contributed by atoms with E-state index in [9.17, 15) is 0 Å². The number of alkyl halides is 1. The van der Waals surface area contributed by atoms with Crippen molar-refractivity contribution in [2.45, 2.75) is 12.5 Å². The smallest absolute Gasteiger partial charge is 0.0710 e. The highest BCUT2D eigenvalue weighted by molar-refractivity contribution is 6.19. The first-order chi connectivity index (χ1) is 5.76. The molecule has 1 aliphatic rings. The van der Waals surface area contributed by atoms with Crippen molar-refractivity contribution in [3.05, 3.63) is 12.2 Å². The van der Waals surface area contributed by atoms with Crippen LogP contribution >= 0.6 is 11.6 Å². The van der Waals surface area contributed by atoms with Crippen molar-refractivity contribution < 1.29 is 4.74 Å². The summed E-state index contributed by atoms with van der Waals surface area (Å²) in [5.74, 6) is 0.564. The Kier molecular flexibility index (Phi) is 4.06. The molecule has 0 bridgehead atoms. The topological polar surface area (TPSA) is 12.5 Å². The average molecular weight is 190 g/mol. The first-order valence-electron chi connectivity index (χ1n) is 4.24. The Hall–Kier alpha value is -0.0500. The highest BCUT2D eigenvalue weighted by Crippen LogP contribution is 2.13. The molecular formula is C9H16ClNO. The van der Waals surface area contributed by atoms with Gasteiger partial charge in [0.1, 0.15) is 0 Å². The van der Waals surface area contributed by atoms with Crippen LogP contribution in [-0.2, 0) is 4.74 Å². The number of ether oxygens (including phenoxy) is 1. The molecule has 0 aromatic carbocycles. The fraction of sp³-hybridized carbons (Fsp3) is 0.778. The SMILES string of the molecule is C=C(CCl)CN1CCC(OC)C1. The zero-order valence-corrected chi connectivity index (χ0v) is 8.31. The summed E-state index contributed by atoms with van der Waals surface area (Å²) in [4.78, 5) is 2.33. The van der Waals surface area contributed by atoms with Crippen LogP contribution in [0, 0.1) is 0 Å². The Morgan fingerprint density at radius 3 is 3.00 bits per heavy atom. The molecule has 1 fully saturated rings. The number of methoxy groups -OCH3 is 1. The van der Waals surface area contributed by atoms with Crippen LogP contribution in [0.15, 0.2) is 12.2 Å². The van der Waals surface area contributed by atoms with Crippen molar-refractivity contribution in [3.8, 4) is 0 Å². The van der Waals surface area contributed by atoms with Gasteiger partial charge in [-0.25, -0.2) is 0 Å². The van der Waals surface area contributed by atoms with E-state index < -0.39 is 0 Å². The van der Waals surface area contributed by atoms with Crippen molar-refractivity contribution in [1.29, 1.82) is 0 Å². The molecule has 1 rings (SSSR count). The molecule has 0 saturated carbocycles. The minimum atomic E-state index is 0.410. The second kappa shape index (κ2) is 4.85. The van der Waals surface area contributed by atoms with E-state index >= 15 is 0 Å². The van der Waals surface area contributed by atoms with Crippen LogP contribution in [0.1, 0.15) is 6.42 Å². The van der Waals surface area contributed by atoms with E-state index in [1.165, 1.54) is 0 Å². The second-order valence-electron chi connectivity index (χ2n) is 3.27. The van der Waals surface area contributed by atoms with Gasteiger partial charge < -0.3 is 4.74 Å². The van der Waals surface area contributed by atoms with Gasteiger partial charge in [0, 0.05) is 32.6 Å². The Morgan fingerprint density at radius 1 is 1.75 bits per heavy atom. The van der Waals surface area contributed by atoms with E-state index in [0.29, 0.717) is 12.0 Å². The number of rotatable bonds is 4. The molecule has 2 nitrogen and oxygen atoms in total. The van der Waals surface area contributed by atoms with Crippen LogP contribution in [0.4, 0.5) is 0 Å². The molecule has 1 atom stereocenters. The maximum atomic E-state index is 5.64. The Labute approximate surface area is 79.1 Å². The lowest BCUT2D eigenvalue weighted by atomic mass is 10.3. The number of hydrogen-bond donors (Lipinski definition) is 0. The van der Waals surface area contributed by atoms with E-state index in [1.54, 1.807) is 7.11 Å². The predicted molar refractivity (Wildman–Crippen MR) is 51.7 cm³/mol. The molecule has 0 radical (unpaired) electrons. The molecule has 1 heterocycles. The summed E-state index contributed by atoms with van der Waals surface area (Å²) in [6.07, 6.45) is 1.54. The summed E-state index contributed by atoms with van der Waals surface area (Å²) >= 11 is 5.64. The molecule has 1 aliphatic heterocycles. The zero-order valence-electron chi connectivity index (χ0n) is 7.55. The first-order valence-corrected chi connectivity index (χ1v) is 4.77. The number of likely N-dealkylation sites (tertiary alicyclic amines) is 1. The van der Waals surface area contributed by atoms with E-state index in [2.05, 4.69) is 11.5 Å². The third-order valence-electron chi connectivity index (χ3n) is 2.20. The van der Waals surface area contributed by atoms with Crippen LogP contribution in [0.3, 0.4) is 0 Å². The standard InChI is InChI=1S/C9H16ClNO/c1-8(5-10)6-11-4-3-9(7-11)12-2/h9H,1,3-7H2,2H3. The number of hydrogen-bond acceptors (Lipinski definition) is 2. The lowest BCUT2D eigenvalue weighted by Gasteiger charge is -2.15. The van der Waals surface area contributed by atoms with Gasteiger partial charge in [0.25, 0.3) is 0 Å². The van der Waals surface area contributed by atoms with Gasteiger partial charge in [-0.2, -0.15) is 0 Å². The number of nitrogens with zero attached hydrogens (tertiary/aromatic N) is 1. The summed E-state index contributed by atoms with van der Waals surface area (Å²) in [5, 5.41) is 0. The van der Waals surface area contributed by atoms with Gasteiger partial charge >= 0.3 is 0 Å². The van der Waals surface area contributed by atoms with E-state index in [0.717, 1.165) is 31.6 Å². The zero-order chi connectivity index (χ0) is 8.97. The minimum Gasteiger partial charge on any atom is -0.380 e. The van der Waals surface area contributed by atoms with Gasteiger partial charge in [-0.05, 0) is 12.0 Å². The van der Waals surface area contributed by atoms with Crippen molar-refractivity contribution in [3.63, 3.8) is 0 Å². The first kappa shape index (κ1) is 10.0. The van der Waals surface area contributed by atoms with Crippen LogP contribution in [-0.4, -0.2) is 43.6 Å². The van der Waals surface area contributed by atoms with Crippen molar-refractivity contribution in [1.82, 2.24) is 4.90 Å². The van der Waals surface area contributed by atoms with Crippen LogP contribution in [0.5, 0.6) is 0 Å². The molecular weight excluding hydrogens is 174 g/mol. The highest BCUT2D eigenvalue weighted by Gasteiger charge is 2.21. The summed E-state index contributed by atoms with van der Waals surface area (Å²) < 4.78 is 5.25. The molecule has 0 aliphatic carbocycles. The van der Waals surface area contributed by atoms with Crippen molar-refractivity contribution >= 4 is 11.6 Å². The van der Waals surface area contributed by atoms with E-state index in [1.807, 2.05) is 0 Å². The third-order valence-corrected chi connectivity index (χ3v) is 2.58. The van der Waals surface area contributed by atoms with Gasteiger partial charge in [0.15, 0.2) is 0 Å². The van der Waals surface area contributed by atoms with Crippen LogP contribution in [0.2, 0.25) is 0 Å².